The topological polar surface area (TPSA) is 43.6 Å². The summed E-state index contributed by atoms with van der Waals surface area (Å²) in [5, 5.41) is 7.70. The van der Waals surface area contributed by atoms with Gasteiger partial charge in [-0.3, -0.25) is 4.57 Å². The molecule has 18 heavy (non-hydrogen) atoms. The number of hydrogen-bond acceptors (Lipinski definition) is 3. The second kappa shape index (κ2) is 4.92. The van der Waals surface area contributed by atoms with Gasteiger partial charge >= 0.3 is 0 Å². The van der Waals surface area contributed by atoms with E-state index in [0.717, 1.165) is 5.56 Å². The van der Waals surface area contributed by atoms with E-state index >= 15 is 0 Å². The van der Waals surface area contributed by atoms with Crippen molar-refractivity contribution in [3.05, 3.63) is 35.5 Å². The number of rotatable bonds is 1. The summed E-state index contributed by atoms with van der Waals surface area (Å²) in [4.78, 5) is 4.29. The lowest BCUT2D eigenvalue weighted by atomic mass is 10.3. The van der Waals surface area contributed by atoms with Gasteiger partial charge in [0.1, 0.15) is 20.2 Å². The van der Waals surface area contributed by atoms with Gasteiger partial charge in [0.25, 0.3) is 0 Å². The summed E-state index contributed by atoms with van der Waals surface area (Å²) >= 11 is 5.86. The molecule has 4 nitrogen and oxygen atoms in total. The first-order valence-electron chi connectivity index (χ1n) is 5.51. The normalized spacial score (nSPS) is 10.9. The Kier molecular flexibility index (Phi) is 3.50. The molecule has 92 valence electrons. The van der Waals surface area contributed by atoms with E-state index < -0.39 is 8.07 Å². The van der Waals surface area contributed by atoms with Gasteiger partial charge in [-0.25, -0.2) is 4.98 Å². The highest BCUT2D eigenvalue weighted by Gasteiger charge is 2.08. The Labute approximate surface area is 112 Å². The monoisotopic (exact) mass is 276 g/mol. The second-order valence-electron chi connectivity index (χ2n) is 4.88. The highest BCUT2D eigenvalue weighted by molar-refractivity contribution is 6.83. The van der Waals surface area contributed by atoms with E-state index in [9.17, 15) is 0 Å². The van der Waals surface area contributed by atoms with Crippen molar-refractivity contribution < 1.29 is 0 Å². The van der Waals surface area contributed by atoms with Gasteiger partial charge in [0, 0.05) is 11.8 Å². The summed E-state index contributed by atoms with van der Waals surface area (Å²) in [5.41, 5.74) is 4.20. The summed E-state index contributed by atoms with van der Waals surface area (Å²) in [7, 11) is -1.35. The molecule has 6 heteroatoms. The smallest absolute Gasteiger partial charge is 0.230 e. The molecule has 0 spiro atoms. The molecule has 0 bridgehead atoms. The Morgan fingerprint density at radius 1 is 1.28 bits per heavy atom. The standard InChI is InChI=1S/C12H13ClN4Si/c1-18(2,3)7-6-10-4-5-11(14-8-10)17-9-15-16-12(17)13/h4-5,8-9H,1-3H3. The number of pyridine rings is 1. The van der Waals surface area contributed by atoms with Gasteiger partial charge in [0.05, 0.1) is 0 Å². The summed E-state index contributed by atoms with van der Waals surface area (Å²) in [6.07, 6.45) is 3.26. The molecule has 0 aliphatic rings. The Balaban J connectivity index is 2.26. The van der Waals surface area contributed by atoms with Crippen LogP contribution in [0.2, 0.25) is 24.9 Å². The van der Waals surface area contributed by atoms with Crippen LogP contribution in [0, 0.1) is 11.5 Å². The van der Waals surface area contributed by atoms with E-state index in [-0.39, 0.29) is 0 Å². The second-order valence-corrected chi connectivity index (χ2v) is 9.96. The number of hydrogen-bond donors (Lipinski definition) is 0. The maximum absolute atomic E-state index is 5.86. The first-order chi connectivity index (χ1) is 8.46. The van der Waals surface area contributed by atoms with E-state index in [1.165, 1.54) is 6.33 Å². The van der Waals surface area contributed by atoms with Crippen molar-refractivity contribution >= 4 is 19.7 Å². The fraction of sp³-hybridized carbons (Fsp3) is 0.250. The minimum absolute atomic E-state index is 0.295. The summed E-state index contributed by atoms with van der Waals surface area (Å²) in [6, 6.07) is 3.77. The molecule has 0 radical (unpaired) electrons. The van der Waals surface area contributed by atoms with E-state index in [4.69, 9.17) is 11.6 Å². The highest BCUT2D eigenvalue weighted by atomic mass is 35.5. The molecule has 0 saturated heterocycles. The molecule has 0 aromatic carbocycles. The first-order valence-corrected chi connectivity index (χ1v) is 9.39. The van der Waals surface area contributed by atoms with Crippen molar-refractivity contribution in [3.8, 4) is 17.3 Å². The Morgan fingerprint density at radius 3 is 2.56 bits per heavy atom. The van der Waals surface area contributed by atoms with Gasteiger partial charge in [-0.2, -0.15) is 0 Å². The van der Waals surface area contributed by atoms with Gasteiger partial charge in [0.2, 0.25) is 5.28 Å². The minimum atomic E-state index is -1.35. The highest BCUT2D eigenvalue weighted by Crippen LogP contribution is 2.11. The molecular weight excluding hydrogens is 264 g/mol. The third-order valence-corrected chi connectivity index (χ3v) is 3.22. The maximum Gasteiger partial charge on any atom is 0.230 e. The maximum atomic E-state index is 5.86. The van der Waals surface area contributed by atoms with Gasteiger partial charge in [0.15, 0.2) is 0 Å². The molecule has 0 N–H and O–H groups in total. The van der Waals surface area contributed by atoms with Crippen LogP contribution in [0.1, 0.15) is 5.56 Å². The van der Waals surface area contributed by atoms with Gasteiger partial charge in [-0.05, 0) is 23.7 Å². The molecule has 2 heterocycles. The van der Waals surface area contributed by atoms with Crippen LogP contribution in [0.5, 0.6) is 0 Å². The summed E-state index contributed by atoms with van der Waals surface area (Å²) < 4.78 is 1.61. The van der Waals surface area contributed by atoms with E-state index in [0.29, 0.717) is 11.1 Å². The van der Waals surface area contributed by atoms with Crippen LogP contribution in [-0.4, -0.2) is 27.8 Å². The molecule has 0 amide bonds. The molecule has 0 aliphatic carbocycles. The molecule has 0 atom stereocenters. The Hall–Kier alpha value is -1.64. The lowest BCUT2D eigenvalue weighted by Crippen LogP contribution is -2.16. The van der Waals surface area contributed by atoms with Crippen molar-refractivity contribution in [2.45, 2.75) is 19.6 Å². The van der Waals surface area contributed by atoms with E-state index in [1.54, 1.807) is 10.8 Å². The molecule has 0 aliphatic heterocycles. The fourth-order valence-electron chi connectivity index (χ4n) is 1.24. The summed E-state index contributed by atoms with van der Waals surface area (Å²) in [6.45, 7) is 6.62. The SMILES string of the molecule is C[Si](C)(C)C#Cc1ccc(-n2cnnc2Cl)nc1. The zero-order valence-corrected chi connectivity index (χ0v) is 12.2. The van der Waals surface area contributed by atoms with Crippen molar-refractivity contribution in [3.63, 3.8) is 0 Å². The van der Waals surface area contributed by atoms with Crippen LogP contribution >= 0.6 is 11.6 Å². The number of nitrogens with zero attached hydrogens (tertiary/aromatic N) is 4. The van der Waals surface area contributed by atoms with Crippen molar-refractivity contribution in [2.24, 2.45) is 0 Å². The quantitative estimate of drug-likeness (QED) is 0.594. The Bertz CT molecular complexity index is 601. The number of halogens is 1. The van der Waals surface area contributed by atoms with Crippen LogP contribution in [0.4, 0.5) is 0 Å². The van der Waals surface area contributed by atoms with Crippen molar-refractivity contribution in [2.75, 3.05) is 0 Å². The van der Waals surface area contributed by atoms with Crippen LogP contribution in [0.15, 0.2) is 24.7 Å². The number of aromatic nitrogens is 4. The van der Waals surface area contributed by atoms with E-state index in [1.807, 2.05) is 12.1 Å². The van der Waals surface area contributed by atoms with Crippen LogP contribution < -0.4 is 0 Å². The predicted octanol–water partition coefficient (Wildman–Crippen LogP) is 2.54. The molecule has 0 fully saturated rings. The van der Waals surface area contributed by atoms with Crippen LogP contribution in [0.25, 0.3) is 5.82 Å². The van der Waals surface area contributed by atoms with Crippen LogP contribution in [0.3, 0.4) is 0 Å². The largest absolute Gasteiger partial charge is 0.256 e. The minimum Gasteiger partial charge on any atom is -0.256 e. The molecule has 2 aromatic heterocycles. The zero-order chi connectivity index (χ0) is 13.2. The lowest BCUT2D eigenvalue weighted by molar-refractivity contribution is 0.990. The lowest BCUT2D eigenvalue weighted by Gasteiger charge is -2.04. The molecule has 2 aromatic rings. The average Bonchev–Trinajstić information content (AvgIpc) is 2.73. The van der Waals surface area contributed by atoms with Gasteiger partial charge < -0.3 is 0 Å². The zero-order valence-electron chi connectivity index (χ0n) is 10.5. The predicted molar refractivity (Wildman–Crippen MR) is 74.4 cm³/mol. The third kappa shape index (κ3) is 3.19. The Morgan fingerprint density at radius 2 is 2.06 bits per heavy atom. The average molecular weight is 277 g/mol. The fourth-order valence-corrected chi connectivity index (χ4v) is 1.93. The van der Waals surface area contributed by atoms with Crippen molar-refractivity contribution in [1.82, 2.24) is 19.7 Å². The van der Waals surface area contributed by atoms with Gasteiger partial charge in [-0.1, -0.05) is 25.6 Å². The van der Waals surface area contributed by atoms with Crippen LogP contribution in [-0.2, 0) is 0 Å². The third-order valence-electron chi connectivity index (χ3n) is 2.08. The van der Waals surface area contributed by atoms with E-state index in [2.05, 4.69) is 46.3 Å². The molecule has 0 unspecified atom stereocenters. The molecule has 0 saturated carbocycles. The molecular formula is C12H13ClN4Si. The first kappa shape index (κ1) is 12.8. The van der Waals surface area contributed by atoms with Crippen molar-refractivity contribution in [1.29, 1.82) is 0 Å². The molecule has 2 rings (SSSR count). The summed E-state index contributed by atoms with van der Waals surface area (Å²) in [5.74, 6) is 3.83. The van der Waals surface area contributed by atoms with Gasteiger partial charge in [-0.15, -0.1) is 15.7 Å².